The number of methoxy groups -OCH3 is 1. The maximum Gasteiger partial charge on any atom is 0.338 e. The highest BCUT2D eigenvalue weighted by Crippen LogP contribution is 2.35. The number of hydrogen-bond donors (Lipinski definition) is 0. The van der Waals surface area contributed by atoms with Crippen LogP contribution in [0.15, 0.2) is 12.1 Å². The van der Waals surface area contributed by atoms with E-state index in [1.165, 1.54) is 14.0 Å². The van der Waals surface area contributed by atoms with Crippen molar-refractivity contribution in [1.29, 1.82) is 0 Å². The lowest BCUT2D eigenvalue weighted by Gasteiger charge is -2.27. The van der Waals surface area contributed by atoms with Crippen LogP contribution in [0.3, 0.4) is 0 Å². The van der Waals surface area contributed by atoms with Crippen LogP contribution < -0.4 is 0 Å². The molecule has 8 nitrogen and oxygen atoms in total. The summed E-state index contributed by atoms with van der Waals surface area (Å²) in [6, 6.07) is 3.57. The topological polar surface area (TPSA) is 95.7 Å². The smallest absolute Gasteiger partial charge is 0.338 e. The third kappa shape index (κ3) is 3.53. The van der Waals surface area contributed by atoms with Gasteiger partial charge < -0.3 is 9.47 Å². The fraction of sp³-hybridized carbons (Fsp3) is 0.450. The summed E-state index contributed by atoms with van der Waals surface area (Å²) in [5.74, 6) is 0.303. The van der Waals surface area contributed by atoms with E-state index >= 15 is 0 Å². The van der Waals surface area contributed by atoms with Gasteiger partial charge >= 0.3 is 11.9 Å². The fourth-order valence-electron chi connectivity index (χ4n) is 4.04. The molecule has 9 heteroatoms. The van der Waals surface area contributed by atoms with Crippen LogP contribution in [0.1, 0.15) is 60.3 Å². The molecule has 0 atom stereocenters. The van der Waals surface area contributed by atoms with Crippen molar-refractivity contribution in [3.8, 4) is 0 Å². The van der Waals surface area contributed by atoms with Crippen LogP contribution in [0.25, 0.3) is 16.7 Å². The number of halogens is 1. The molecule has 0 amide bonds. The van der Waals surface area contributed by atoms with Gasteiger partial charge in [0.2, 0.25) is 0 Å². The second-order valence-electron chi connectivity index (χ2n) is 7.35. The number of nitrogens with zero attached hydrogens (tertiary/aromatic N) is 4. The number of rotatable bonds is 3. The second-order valence-corrected chi connectivity index (χ2v) is 7.71. The maximum atomic E-state index is 12.0. The molecule has 0 bridgehead atoms. The van der Waals surface area contributed by atoms with Gasteiger partial charge in [0, 0.05) is 12.8 Å². The van der Waals surface area contributed by atoms with Gasteiger partial charge in [-0.3, -0.25) is 9.20 Å². The molecule has 2 heterocycles. The average Bonchev–Trinajstić information content (AvgIpc) is 3.14. The first-order valence-electron chi connectivity index (χ1n) is 9.49. The van der Waals surface area contributed by atoms with Gasteiger partial charge in [0.1, 0.15) is 11.9 Å². The lowest BCUT2D eigenvalue weighted by atomic mass is 9.86. The highest BCUT2D eigenvalue weighted by Gasteiger charge is 2.28. The Hall–Kier alpha value is -2.74. The minimum atomic E-state index is -0.421. The molecule has 1 aromatic carbocycles. The Kier molecular flexibility index (Phi) is 5.12. The molecule has 152 valence electrons. The highest BCUT2D eigenvalue weighted by atomic mass is 35.5. The minimum Gasteiger partial charge on any atom is -0.465 e. The molecule has 29 heavy (non-hydrogen) atoms. The van der Waals surface area contributed by atoms with Crippen LogP contribution in [0.5, 0.6) is 0 Å². The molecule has 1 aliphatic rings. The number of aryl methyl sites for hydroxylation is 1. The molecule has 0 N–H and O–H groups in total. The molecule has 0 aliphatic heterocycles. The van der Waals surface area contributed by atoms with E-state index in [-0.39, 0.29) is 23.1 Å². The molecule has 2 aromatic heterocycles. The zero-order chi connectivity index (χ0) is 20.7. The molecule has 1 saturated carbocycles. The van der Waals surface area contributed by atoms with E-state index in [0.717, 1.165) is 42.6 Å². The zero-order valence-corrected chi connectivity index (χ0v) is 17.2. The summed E-state index contributed by atoms with van der Waals surface area (Å²) >= 11 is 6.37. The predicted molar refractivity (Wildman–Crippen MR) is 106 cm³/mol. The quantitative estimate of drug-likeness (QED) is 0.601. The van der Waals surface area contributed by atoms with E-state index in [1.807, 2.05) is 17.4 Å². The molecule has 4 rings (SSSR count). The number of ether oxygens (including phenoxy) is 2. The van der Waals surface area contributed by atoms with Crippen molar-refractivity contribution >= 4 is 40.2 Å². The summed E-state index contributed by atoms with van der Waals surface area (Å²) in [5, 5.41) is 8.89. The van der Waals surface area contributed by atoms with Gasteiger partial charge in [-0.25, -0.2) is 9.78 Å². The average molecular weight is 417 g/mol. The first kappa shape index (κ1) is 19.6. The summed E-state index contributed by atoms with van der Waals surface area (Å²) in [4.78, 5) is 27.7. The summed E-state index contributed by atoms with van der Waals surface area (Å²) in [6.07, 6.45) is 3.18. The number of benzene rings is 1. The minimum absolute atomic E-state index is 0.0465. The standard InChI is InChI=1S/C20H21ClN4O4/c1-10-8-16-15(9-14(10)20(27)28-3)22-17(21)19-24-23-18(25(16)19)12-4-6-13(7-5-12)29-11(2)26/h8-9,12-13H,4-7H2,1-3H3. The van der Waals surface area contributed by atoms with Gasteiger partial charge in [-0.15, -0.1) is 10.2 Å². The van der Waals surface area contributed by atoms with Crippen molar-refractivity contribution in [2.75, 3.05) is 7.11 Å². The van der Waals surface area contributed by atoms with E-state index in [1.54, 1.807) is 6.07 Å². The zero-order valence-electron chi connectivity index (χ0n) is 16.4. The lowest BCUT2D eigenvalue weighted by Crippen LogP contribution is -2.23. The molecule has 0 spiro atoms. The molecular formula is C20H21ClN4O4. The van der Waals surface area contributed by atoms with Gasteiger partial charge in [-0.05, 0) is 50.3 Å². The lowest BCUT2D eigenvalue weighted by molar-refractivity contribution is -0.147. The molecular weight excluding hydrogens is 396 g/mol. The predicted octanol–water partition coefficient (Wildman–Crippen LogP) is 3.62. The number of carbonyl (C=O) groups excluding carboxylic acids is 2. The van der Waals surface area contributed by atoms with Crippen molar-refractivity contribution in [2.24, 2.45) is 0 Å². The SMILES string of the molecule is COC(=O)c1cc2nc(Cl)c3nnc(C4CCC(OC(C)=O)CC4)n3c2cc1C. The summed E-state index contributed by atoms with van der Waals surface area (Å²) in [5.41, 5.74) is 3.06. The third-order valence-corrected chi connectivity index (χ3v) is 5.68. The normalized spacial score (nSPS) is 19.4. The number of hydrogen-bond acceptors (Lipinski definition) is 7. The van der Waals surface area contributed by atoms with Crippen molar-refractivity contribution in [3.05, 3.63) is 34.2 Å². The van der Waals surface area contributed by atoms with Crippen LogP contribution in [-0.2, 0) is 14.3 Å². The molecule has 1 aliphatic carbocycles. The van der Waals surface area contributed by atoms with Gasteiger partial charge in [0.15, 0.2) is 10.8 Å². The summed E-state index contributed by atoms with van der Waals surface area (Å²) < 4.78 is 12.1. The third-order valence-electron chi connectivity index (χ3n) is 5.43. The van der Waals surface area contributed by atoms with Crippen molar-refractivity contribution in [1.82, 2.24) is 19.6 Å². The number of aromatic nitrogens is 4. The fourth-order valence-corrected chi connectivity index (χ4v) is 4.25. The second kappa shape index (κ2) is 7.59. The summed E-state index contributed by atoms with van der Waals surface area (Å²) in [7, 11) is 1.35. The van der Waals surface area contributed by atoms with Gasteiger partial charge in [0.25, 0.3) is 0 Å². The molecule has 0 unspecified atom stereocenters. The Morgan fingerprint density at radius 2 is 1.90 bits per heavy atom. The Morgan fingerprint density at radius 1 is 1.17 bits per heavy atom. The van der Waals surface area contributed by atoms with Crippen molar-refractivity contribution in [2.45, 2.75) is 51.6 Å². The van der Waals surface area contributed by atoms with E-state index in [4.69, 9.17) is 21.1 Å². The Labute approximate surface area is 172 Å². The van der Waals surface area contributed by atoms with E-state index < -0.39 is 5.97 Å². The first-order valence-corrected chi connectivity index (χ1v) is 9.87. The van der Waals surface area contributed by atoms with E-state index in [2.05, 4.69) is 15.2 Å². The summed E-state index contributed by atoms with van der Waals surface area (Å²) in [6.45, 7) is 3.28. The monoisotopic (exact) mass is 416 g/mol. The van der Waals surface area contributed by atoms with Crippen LogP contribution in [0.2, 0.25) is 5.15 Å². The van der Waals surface area contributed by atoms with E-state index in [0.29, 0.717) is 16.7 Å². The molecule has 0 saturated heterocycles. The molecule has 0 radical (unpaired) electrons. The van der Waals surface area contributed by atoms with Crippen LogP contribution in [0.4, 0.5) is 0 Å². The molecule has 3 aromatic rings. The maximum absolute atomic E-state index is 12.0. The van der Waals surface area contributed by atoms with Crippen LogP contribution in [-0.4, -0.2) is 44.7 Å². The number of carbonyl (C=O) groups is 2. The van der Waals surface area contributed by atoms with Gasteiger partial charge in [-0.2, -0.15) is 0 Å². The van der Waals surface area contributed by atoms with Gasteiger partial charge in [0.05, 0.1) is 23.7 Å². The number of fused-ring (bicyclic) bond motifs is 3. The van der Waals surface area contributed by atoms with Crippen LogP contribution >= 0.6 is 11.6 Å². The molecule has 1 fully saturated rings. The van der Waals surface area contributed by atoms with E-state index in [9.17, 15) is 9.59 Å². The first-order chi connectivity index (χ1) is 13.9. The Bertz CT molecular complexity index is 1120. The highest BCUT2D eigenvalue weighted by molar-refractivity contribution is 6.32. The van der Waals surface area contributed by atoms with Crippen molar-refractivity contribution < 1.29 is 19.1 Å². The largest absolute Gasteiger partial charge is 0.465 e. The van der Waals surface area contributed by atoms with Crippen LogP contribution in [0, 0.1) is 6.92 Å². The van der Waals surface area contributed by atoms with Crippen molar-refractivity contribution in [3.63, 3.8) is 0 Å². The van der Waals surface area contributed by atoms with Gasteiger partial charge in [-0.1, -0.05) is 11.6 Å². The Morgan fingerprint density at radius 3 is 2.55 bits per heavy atom. The Balaban J connectivity index is 1.78. The number of esters is 2.